The molecule has 3 aromatic carbocycles. The quantitative estimate of drug-likeness (QED) is 0.580. The molecule has 0 saturated carbocycles. The molecule has 132 valence electrons. The van der Waals surface area contributed by atoms with E-state index in [0.717, 1.165) is 25.3 Å². The Bertz CT molecular complexity index is 963. The van der Waals surface area contributed by atoms with E-state index in [-0.39, 0.29) is 5.91 Å². The van der Waals surface area contributed by atoms with Crippen LogP contribution in [0.3, 0.4) is 0 Å². The Morgan fingerprint density at radius 1 is 0.962 bits per heavy atom. The Morgan fingerprint density at radius 2 is 1.62 bits per heavy atom. The van der Waals surface area contributed by atoms with Crippen LogP contribution >= 0.6 is 31.9 Å². The lowest BCUT2D eigenvalue weighted by molar-refractivity contribution is -0.119. The van der Waals surface area contributed by atoms with Gasteiger partial charge < -0.3 is 11.1 Å². The summed E-state index contributed by atoms with van der Waals surface area (Å²) in [5, 5.41) is 4.87. The molecule has 0 aromatic heterocycles. The smallest absolute Gasteiger partial charge is 0.252 e. The summed E-state index contributed by atoms with van der Waals surface area (Å²) in [6, 6.07) is 18.2. The summed E-state index contributed by atoms with van der Waals surface area (Å²) in [5.74, 6) is -0.920. The first-order chi connectivity index (χ1) is 12.4. The third-order valence-corrected chi connectivity index (χ3v) is 4.99. The van der Waals surface area contributed by atoms with Crippen LogP contribution in [-0.4, -0.2) is 17.9 Å². The second-order valence-electron chi connectivity index (χ2n) is 5.93. The summed E-state index contributed by atoms with van der Waals surface area (Å²) in [7, 11) is 0. The molecule has 3 N–H and O–H groups in total. The monoisotopic (exact) mass is 474 g/mol. The van der Waals surface area contributed by atoms with Gasteiger partial charge in [-0.05, 0) is 34.5 Å². The molecule has 0 heterocycles. The summed E-state index contributed by atoms with van der Waals surface area (Å²) in [6.07, 6.45) is 0.331. The Balaban J connectivity index is 1.85. The van der Waals surface area contributed by atoms with Crippen molar-refractivity contribution in [1.29, 1.82) is 0 Å². The van der Waals surface area contributed by atoms with Crippen molar-refractivity contribution in [3.05, 3.63) is 80.7 Å². The number of halogens is 2. The number of carbonyl (C=O) groups excluding carboxylic acids is 2. The number of fused-ring (bicyclic) bond motifs is 1. The lowest BCUT2D eigenvalue weighted by Crippen LogP contribution is -2.45. The molecule has 1 atom stereocenters. The maximum Gasteiger partial charge on any atom is 0.252 e. The number of primary amides is 1. The van der Waals surface area contributed by atoms with E-state index < -0.39 is 11.9 Å². The highest BCUT2D eigenvalue weighted by Gasteiger charge is 2.20. The van der Waals surface area contributed by atoms with Crippen molar-refractivity contribution in [3.63, 3.8) is 0 Å². The predicted molar refractivity (Wildman–Crippen MR) is 110 cm³/mol. The lowest BCUT2D eigenvalue weighted by Gasteiger charge is -2.17. The summed E-state index contributed by atoms with van der Waals surface area (Å²) < 4.78 is 1.53. The van der Waals surface area contributed by atoms with Crippen molar-refractivity contribution < 1.29 is 9.59 Å². The molecule has 0 fully saturated rings. The molecular formula is C20H16Br2N2O2. The third kappa shape index (κ3) is 4.31. The van der Waals surface area contributed by atoms with Crippen LogP contribution in [0.2, 0.25) is 0 Å². The number of hydrogen-bond donors (Lipinski definition) is 2. The summed E-state index contributed by atoms with van der Waals surface area (Å²) in [5.41, 5.74) is 6.94. The van der Waals surface area contributed by atoms with E-state index in [0.29, 0.717) is 12.0 Å². The topological polar surface area (TPSA) is 72.2 Å². The molecule has 0 spiro atoms. The second kappa shape index (κ2) is 8.01. The van der Waals surface area contributed by atoms with Gasteiger partial charge in [0.05, 0.1) is 0 Å². The van der Waals surface area contributed by atoms with Crippen molar-refractivity contribution >= 4 is 54.4 Å². The molecule has 4 nitrogen and oxygen atoms in total. The highest BCUT2D eigenvalue weighted by atomic mass is 79.9. The number of nitrogens with two attached hydrogens (primary N) is 1. The minimum Gasteiger partial charge on any atom is -0.368 e. The van der Waals surface area contributed by atoms with Crippen LogP contribution in [0, 0.1) is 0 Å². The van der Waals surface area contributed by atoms with Crippen LogP contribution in [0.5, 0.6) is 0 Å². The first kappa shape index (κ1) is 18.6. The van der Waals surface area contributed by atoms with Gasteiger partial charge in [0.1, 0.15) is 6.04 Å². The molecule has 3 aromatic rings. The Hall–Kier alpha value is -2.18. The van der Waals surface area contributed by atoms with E-state index in [2.05, 4.69) is 37.2 Å². The van der Waals surface area contributed by atoms with Crippen molar-refractivity contribution in [1.82, 2.24) is 5.32 Å². The molecule has 0 aliphatic carbocycles. The van der Waals surface area contributed by atoms with Gasteiger partial charge in [0, 0.05) is 20.9 Å². The maximum absolute atomic E-state index is 12.6. The van der Waals surface area contributed by atoms with Gasteiger partial charge in [-0.3, -0.25) is 9.59 Å². The zero-order valence-electron chi connectivity index (χ0n) is 13.7. The molecule has 26 heavy (non-hydrogen) atoms. The first-order valence-corrected chi connectivity index (χ1v) is 9.55. The minimum absolute atomic E-state index is 0.331. The Kier molecular flexibility index (Phi) is 5.74. The van der Waals surface area contributed by atoms with Crippen molar-refractivity contribution in [2.75, 3.05) is 0 Å². The number of benzene rings is 3. The Labute approximate surface area is 168 Å². The highest BCUT2D eigenvalue weighted by molar-refractivity contribution is 9.11. The molecule has 0 aliphatic rings. The Morgan fingerprint density at radius 3 is 2.31 bits per heavy atom. The van der Waals surface area contributed by atoms with Crippen LogP contribution < -0.4 is 11.1 Å². The molecule has 0 aliphatic heterocycles. The number of rotatable bonds is 5. The first-order valence-electron chi connectivity index (χ1n) is 7.97. The van der Waals surface area contributed by atoms with E-state index >= 15 is 0 Å². The van der Waals surface area contributed by atoms with E-state index in [9.17, 15) is 9.59 Å². The van der Waals surface area contributed by atoms with Gasteiger partial charge >= 0.3 is 0 Å². The molecular weight excluding hydrogens is 460 g/mol. The fourth-order valence-corrected chi connectivity index (χ4v) is 4.13. The van der Waals surface area contributed by atoms with Gasteiger partial charge in [0.15, 0.2) is 0 Å². The van der Waals surface area contributed by atoms with E-state index in [1.165, 1.54) is 0 Å². The number of carbonyl (C=O) groups is 2. The van der Waals surface area contributed by atoms with Crippen LogP contribution in [0.1, 0.15) is 15.9 Å². The van der Waals surface area contributed by atoms with E-state index in [4.69, 9.17) is 5.73 Å². The summed E-state index contributed by atoms with van der Waals surface area (Å²) >= 11 is 6.71. The number of hydrogen-bond acceptors (Lipinski definition) is 2. The maximum atomic E-state index is 12.6. The molecule has 2 amide bonds. The lowest BCUT2D eigenvalue weighted by atomic mass is 9.98. The van der Waals surface area contributed by atoms with Crippen molar-refractivity contribution in [3.8, 4) is 0 Å². The molecule has 6 heteroatoms. The molecule has 0 saturated heterocycles. The normalized spacial score (nSPS) is 11.9. The van der Waals surface area contributed by atoms with Crippen molar-refractivity contribution in [2.45, 2.75) is 12.5 Å². The number of amides is 2. The SMILES string of the molecule is NC(=O)[C@@H](Cc1cccc2ccccc12)NC(=O)c1cc(Br)cc(Br)c1. The van der Waals surface area contributed by atoms with Gasteiger partial charge in [0.25, 0.3) is 5.91 Å². The molecule has 0 unspecified atom stereocenters. The van der Waals surface area contributed by atoms with Crippen LogP contribution in [-0.2, 0) is 11.2 Å². The van der Waals surface area contributed by atoms with Crippen LogP contribution in [0.25, 0.3) is 10.8 Å². The van der Waals surface area contributed by atoms with E-state index in [1.807, 2.05) is 48.5 Å². The average Bonchev–Trinajstić information content (AvgIpc) is 2.60. The van der Waals surface area contributed by atoms with Gasteiger partial charge in [0.2, 0.25) is 5.91 Å². The molecule has 0 bridgehead atoms. The summed E-state index contributed by atoms with van der Waals surface area (Å²) in [6.45, 7) is 0. The fraction of sp³-hybridized carbons (Fsp3) is 0.100. The van der Waals surface area contributed by atoms with E-state index in [1.54, 1.807) is 12.1 Å². The second-order valence-corrected chi connectivity index (χ2v) is 7.76. The highest BCUT2D eigenvalue weighted by Crippen LogP contribution is 2.22. The molecule has 3 rings (SSSR count). The number of nitrogens with one attached hydrogen (secondary N) is 1. The predicted octanol–water partition coefficient (Wildman–Crippen LogP) is 4.19. The third-order valence-electron chi connectivity index (χ3n) is 4.08. The minimum atomic E-state index is -0.800. The molecule has 0 radical (unpaired) electrons. The fourth-order valence-electron chi connectivity index (χ4n) is 2.84. The van der Waals surface area contributed by atoms with Gasteiger partial charge in [-0.15, -0.1) is 0 Å². The zero-order valence-corrected chi connectivity index (χ0v) is 16.9. The van der Waals surface area contributed by atoms with Gasteiger partial charge in [-0.1, -0.05) is 74.3 Å². The largest absolute Gasteiger partial charge is 0.368 e. The summed E-state index contributed by atoms with van der Waals surface area (Å²) in [4.78, 5) is 24.5. The van der Waals surface area contributed by atoms with Gasteiger partial charge in [-0.2, -0.15) is 0 Å². The van der Waals surface area contributed by atoms with Crippen LogP contribution in [0.4, 0.5) is 0 Å². The van der Waals surface area contributed by atoms with Crippen LogP contribution in [0.15, 0.2) is 69.6 Å². The van der Waals surface area contributed by atoms with Crippen molar-refractivity contribution in [2.24, 2.45) is 5.73 Å². The average molecular weight is 476 g/mol. The standard InChI is InChI=1S/C20H16Br2N2O2/c21-15-8-14(9-16(22)11-15)20(26)24-18(19(23)25)10-13-6-3-5-12-4-1-2-7-17(12)13/h1-9,11,18H,10H2,(H2,23,25)(H,24,26)/t18-/m1/s1. The van der Waals surface area contributed by atoms with Gasteiger partial charge in [-0.25, -0.2) is 0 Å². The zero-order chi connectivity index (χ0) is 18.7.